The van der Waals surface area contributed by atoms with E-state index in [0.29, 0.717) is 6.04 Å². The third-order valence-electron chi connectivity index (χ3n) is 5.49. The van der Waals surface area contributed by atoms with Gasteiger partial charge in [0, 0.05) is 37.4 Å². The second kappa shape index (κ2) is 5.82. The van der Waals surface area contributed by atoms with E-state index in [0.717, 1.165) is 25.2 Å². The van der Waals surface area contributed by atoms with Crippen LogP contribution in [0.1, 0.15) is 39.5 Å². The van der Waals surface area contributed by atoms with E-state index in [1.54, 1.807) is 0 Å². The first-order chi connectivity index (χ1) is 10.7. The average Bonchev–Trinajstić information content (AvgIpc) is 3.13. The van der Waals surface area contributed by atoms with Gasteiger partial charge in [-0.25, -0.2) is 4.98 Å². The summed E-state index contributed by atoms with van der Waals surface area (Å²) in [6, 6.07) is 6.51. The minimum absolute atomic E-state index is 0.693. The number of anilines is 1. The van der Waals surface area contributed by atoms with Crippen LogP contribution in [0.5, 0.6) is 0 Å². The number of aromatic nitrogens is 1. The van der Waals surface area contributed by atoms with Gasteiger partial charge >= 0.3 is 0 Å². The molecule has 0 aliphatic carbocycles. The molecular formula is C18H25N3S. The van der Waals surface area contributed by atoms with Crippen LogP contribution in [0.3, 0.4) is 0 Å². The summed E-state index contributed by atoms with van der Waals surface area (Å²) in [5.74, 6) is 1.21. The highest BCUT2D eigenvalue weighted by atomic mass is 32.1. The first-order valence-corrected chi connectivity index (χ1v) is 9.46. The lowest BCUT2D eigenvalue weighted by Crippen LogP contribution is -2.51. The van der Waals surface area contributed by atoms with Crippen molar-refractivity contribution in [3.05, 3.63) is 23.7 Å². The zero-order chi connectivity index (χ0) is 15.1. The molecule has 0 spiro atoms. The molecule has 2 aromatic rings. The van der Waals surface area contributed by atoms with Gasteiger partial charge in [0.05, 0.1) is 4.70 Å². The number of hydrogen-bond acceptors (Lipinski definition) is 4. The normalized spacial score (nSPS) is 30.3. The van der Waals surface area contributed by atoms with Crippen LogP contribution in [0.25, 0.3) is 10.1 Å². The predicted molar refractivity (Wildman–Crippen MR) is 94.9 cm³/mol. The molecule has 2 aromatic heterocycles. The molecule has 4 heterocycles. The summed E-state index contributed by atoms with van der Waals surface area (Å²) in [6.45, 7) is 7.09. The topological polar surface area (TPSA) is 19.4 Å². The molecule has 2 aliphatic rings. The molecule has 0 N–H and O–H groups in total. The average molecular weight is 315 g/mol. The van der Waals surface area contributed by atoms with Crippen LogP contribution in [0.4, 0.5) is 5.82 Å². The smallest absolute Gasteiger partial charge is 0.146 e. The minimum atomic E-state index is 0.693. The first-order valence-electron chi connectivity index (χ1n) is 8.58. The standard InChI is InChI=1S/C18H25N3S/c1-13-5-6-14(2)21(13)16-4-3-10-20(12-16)18-17-15(7-9-19-18)8-11-22-17/h7-9,11,13-14,16H,3-6,10,12H2,1-2H3. The number of pyridine rings is 1. The maximum atomic E-state index is 4.72. The summed E-state index contributed by atoms with van der Waals surface area (Å²) in [7, 11) is 0. The maximum Gasteiger partial charge on any atom is 0.146 e. The Labute approximate surface area is 136 Å². The summed E-state index contributed by atoms with van der Waals surface area (Å²) in [6.07, 6.45) is 7.30. The molecule has 22 heavy (non-hydrogen) atoms. The molecule has 0 aromatic carbocycles. The Hall–Kier alpha value is -1.13. The Balaban J connectivity index is 1.60. The lowest BCUT2D eigenvalue weighted by molar-refractivity contribution is 0.129. The third-order valence-corrected chi connectivity index (χ3v) is 6.41. The second-order valence-corrected chi connectivity index (χ2v) is 7.85. The molecule has 2 fully saturated rings. The second-order valence-electron chi connectivity index (χ2n) is 6.94. The van der Waals surface area contributed by atoms with Crippen molar-refractivity contribution in [2.45, 2.75) is 57.7 Å². The molecule has 3 atom stereocenters. The van der Waals surface area contributed by atoms with Gasteiger partial charge in [0.25, 0.3) is 0 Å². The fourth-order valence-electron chi connectivity index (χ4n) is 4.43. The lowest BCUT2D eigenvalue weighted by atomic mass is 10.0. The van der Waals surface area contributed by atoms with Crippen LogP contribution in [-0.4, -0.2) is 41.1 Å². The van der Waals surface area contributed by atoms with Crippen LogP contribution in [-0.2, 0) is 0 Å². The lowest BCUT2D eigenvalue weighted by Gasteiger charge is -2.42. The van der Waals surface area contributed by atoms with E-state index in [9.17, 15) is 0 Å². The predicted octanol–water partition coefficient (Wildman–Crippen LogP) is 4.14. The number of piperidine rings is 1. The Morgan fingerprint density at radius 2 is 1.95 bits per heavy atom. The molecule has 0 saturated carbocycles. The van der Waals surface area contributed by atoms with Gasteiger partial charge < -0.3 is 4.90 Å². The van der Waals surface area contributed by atoms with Crippen LogP contribution in [0, 0.1) is 0 Å². The number of likely N-dealkylation sites (tertiary alicyclic amines) is 1. The SMILES string of the molecule is CC1CCC(C)N1C1CCCN(c2nccc3ccsc23)C1. The Morgan fingerprint density at radius 1 is 1.14 bits per heavy atom. The van der Waals surface area contributed by atoms with Crippen LogP contribution in [0.2, 0.25) is 0 Å². The van der Waals surface area contributed by atoms with E-state index >= 15 is 0 Å². The molecule has 4 rings (SSSR count). The van der Waals surface area contributed by atoms with Gasteiger partial charge in [-0.3, -0.25) is 4.90 Å². The maximum absolute atomic E-state index is 4.72. The van der Waals surface area contributed by atoms with Gasteiger partial charge in [-0.1, -0.05) is 0 Å². The van der Waals surface area contributed by atoms with Gasteiger partial charge in [-0.05, 0) is 62.4 Å². The number of nitrogens with zero attached hydrogens (tertiary/aromatic N) is 3. The quantitative estimate of drug-likeness (QED) is 0.830. The molecule has 4 heteroatoms. The van der Waals surface area contributed by atoms with E-state index in [4.69, 9.17) is 4.98 Å². The van der Waals surface area contributed by atoms with E-state index < -0.39 is 0 Å². The molecule has 3 unspecified atom stereocenters. The number of thiophene rings is 1. The van der Waals surface area contributed by atoms with Crippen molar-refractivity contribution in [2.24, 2.45) is 0 Å². The fourth-order valence-corrected chi connectivity index (χ4v) is 5.34. The van der Waals surface area contributed by atoms with Crippen LogP contribution < -0.4 is 4.90 Å². The molecular weight excluding hydrogens is 290 g/mol. The van der Waals surface area contributed by atoms with Gasteiger partial charge in [0.1, 0.15) is 5.82 Å². The first kappa shape index (κ1) is 14.5. The Morgan fingerprint density at radius 3 is 2.77 bits per heavy atom. The van der Waals surface area contributed by atoms with Gasteiger partial charge in [-0.15, -0.1) is 11.3 Å². The minimum Gasteiger partial charge on any atom is -0.354 e. The number of hydrogen-bond donors (Lipinski definition) is 0. The van der Waals surface area contributed by atoms with Gasteiger partial charge in [0.2, 0.25) is 0 Å². The monoisotopic (exact) mass is 315 g/mol. The molecule has 2 aliphatic heterocycles. The highest BCUT2D eigenvalue weighted by molar-refractivity contribution is 7.17. The van der Waals surface area contributed by atoms with E-state index in [1.807, 2.05) is 17.5 Å². The molecule has 0 radical (unpaired) electrons. The third kappa shape index (κ3) is 2.42. The summed E-state index contributed by atoms with van der Waals surface area (Å²) in [5.41, 5.74) is 0. The summed E-state index contributed by atoms with van der Waals surface area (Å²) < 4.78 is 1.35. The molecule has 0 amide bonds. The highest BCUT2D eigenvalue weighted by Gasteiger charge is 2.35. The zero-order valence-corrected chi connectivity index (χ0v) is 14.4. The number of fused-ring (bicyclic) bond motifs is 1. The molecule has 3 nitrogen and oxygen atoms in total. The van der Waals surface area contributed by atoms with Crippen molar-refractivity contribution < 1.29 is 0 Å². The number of rotatable bonds is 2. The molecule has 2 saturated heterocycles. The Bertz CT molecular complexity index is 643. The summed E-state index contributed by atoms with van der Waals surface area (Å²) >= 11 is 1.82. The van der Waals surface area contributed by atoms with Crippen molar-refractivity contribution in [3.8, 4) is 0 Å². The fraction of sp³-hybridized carbons (Fsp3) is 0.611. The van der Waals surface area contributed by atoms with Gasteiger partial charge in [-0.2, -0.15) is 0 Å². The zero-order valence-electron chi connectivity index (χ0n) is 13.5. The van der Waals surface area contributed by atoms with Crippen LogP contribution in [0.15, 0.2) is 23.7 Å². The summed E-state index contributed by atoms with van der Waals surface area (Å²) in [5, 5.41) is 3.52. The molecule has 0 bridgehead atoms. The largest absolute Gasteiger partial charge is 0.354 e. The Kier molecular flexibility index (Phi) is 3.82. The van der Waals surface area contributed by atoms with Crippen molar-refractivity contribution >= 4 is 27.2 Å². The van der Waals surface area contributed by atoms with E-state index in [2.05, 4.69) is 41.2 Å². The van der Waals surface area contributed by atoms with Crippen LogP contribution >= 0.6 is 11.3 Å². The molecule has 118 valence electrons. The van der Waals surface area contributed by atoms with E-state index in [-0.39, 0.29) is 0 Å². The highest BCUT2D eigenvalue weighted by Crippen LogP contribution is 2.34. The van der Waals surface area contributed by atoms with Crippen molar-refractivity contribution in [2.75, 3.05) is 18.0 Å². The summed E-state index contributed by atoms with van der Waals surface area (Å²) in [4.78, 5) is 10.0. The van der Waals surface area contributed by atoms with Crippen molar-refractivity contribution in [1.82, 2.24) is 9.88 Å². The van der Waals surface area contributed by atoms with Crippen molar-refractivity contribution in [3.63, 3.8) is 0 Å². The van der Waals surface area contributed by atoms with Gasteiger partial charge in [0.15, 0.2) is 0 Å². The van der Waals surface area contributed by atoms with Crippen molar-refractivity contribution in [1.29, 1.82) is 0 Å². The van der Waals surface area contributed by atoms with E-state index in [1.165, 1.54) is 41.6 Å².